The molecule has 0 atom stereocenters. The molecular weight excluding hydrogens is 418 g/mol. The lowest BCUT2D eigenvalue weighted by atomic mass is 10.1. The van der Waals surface area contributed by atoms with Crippen LogP contribution in [0.2, 0.25) is 0 Å². The summed E-state index contributed by atoms with van der Waals surface area (Å²) in [5, 5.41) is 25.6. The smallest absolute Gasteiger partial charge is 0.319 e. The van der Waals surface area contributed by atoms with Crippen molar-refractivity contribution in [2.45, 2.75) is 38.3 Å². The van der Waals surface area contributed by atoms with Crippen LogP contribution in [-0.2, 0) is 6.54 Å². The predicted molar refractivity (Wildman–Crippen MR) is 128 cm³/mol. The number of hydrogen-bond acceptors (Lipinski definition) is 4. The second-order valence-corrected chi connectivity index (χ2v) is 8.21. The molecule has 7 heteroatoms. The molecule has 170 valence electrons. The lowest BCUT2D eigenvalue weighted by Crippen LogP contribution is -2.36. The highest BCUT2D eigenvalue weighted by atomic mass is 16.3. The molecule has 0 radical (unpaired) electrons. The van der Waals surface area contributed by atoms with Gasteiger partial charge in [0, 0.05) is 23.5 Å². The molecule has 1 aliphatic carbocycles. The Bertz CT molecular complexity index is 1110. The van der Waals surface area contributed by atoms with Gasteiger partial charge in [-0.3, -0.25) is 4.79 Å². The fraction of sp³-hybridized carbons (Fsp3) is 0.231. The first kappa shape index (κ1) is 22.2. The lowest BCUT2D eigenvalue weighted by molar-refractivity contribution is 0.0982. The molecule has 1 saturated carbocycles. The lowest BCUT2D eigenvalue weighted by Gasteiger charge is -2.24. The van der Waals surface area contributed by atoms with E-state index in [2.05, 4.69) is 10.6 Å². The van der Waals surface area contributed by atoms with Gasteiger partial charge in [0.1, 0.15) is 11.5 Å². The zero-order valence-corrected chi connectivity index (χ0v) is 18.2. The van der Waals surface area contributed by atoms with E-state index in [9.17, 15) is 19.8 Å². The number of phenolic OH excluding ortho intramolecular Hbond substituents is 2. The van der Waals surface area contributed by atoms with Crippen LogP contribution < -0.4 is 15.5 Å². The van der Waals surface area contributed by atoms with E-state index in [0.29, 0.717) is 11.4 Å². The van der Waals surface area contributed by atoms with Crippen molar-refractivity contribution < 1.29 is 19.8 Å². The number of phenols is 2. The Morgan fingerprint density at radius 1 is 0.909 bits per heavy atom. The van der Waals surface area contributed by atoms with Crippen molar-refractivity contribution in [2.75, 3.05) is 10.2 Å². The Balaban J connectivity index is 1.54. The van der Waals surface area contributed by atoms with Gasteiger partial charge < -0.3 is 25.7 Å². The van der Waals surface area contributed by atoms with Crippen molar-refractivity contribution in [3.8, 4) is 11.5 Å². The zero-order chi connectivity index (χ0) is 23.2. The average Bonchev–Trinajstić information content (AvgIpc) is 3.31. The number of anilines is 2. The van der Waals surface area contributed by atoms with Crippen LogP contribution in [0.4, 0.5) is 16.2 Å². The topological polar surface area (TPSA) is 102 Å². The van der Waals surface area contributed by atoms with E-state index in [1.807, 2.05) is 30.3 Å². The van der Waals surface area contributed by atoms with E-state index < -0.39 is 5.91 Å². The van der Waals surface area contributed by atoms with Gasteiger partial charge in [0.15, 0.2) is 0 Å². The highest BCUT2D eigenvalue weighted by Crippen LogP contribution is 2.28. The average molecular weight is 446 g/mol. The van der Waals surface area contributed by atoms with Crippen molar-refractivity contribution in [3.05, 3.63) is 83.9 Å². The fourth-order valence-corrected chi connectivity index (χ4v) is 4.04. The summed E-state index contributed by atoms with van der Waals surface area (Å²) >= 11 is 0. The predicted octanol–water partition coefficient (Wildman–Crippen LogP) is 5.01. The van der Waals surface area contributed by atoms with Crippen molar-refractivity contribution in [1.82, 2.24) is 5.32 Å². The number of hydrogen-bond donors (Lipinski definition) is 4. The maximum Gasteiger partial charge on any atom is 0.319 e. The molecule has 1 fully saturated rings. The molecule has 0 bridgehead atoms. The van der Waals surface area contributed by atoms with Crippen LogP contribution in [0.1, 0.15) is 41.6 Å². The SMILES string of the molecule is O=C(Nc1ccc(N(Cc2ccccc2)C(=O)c2ccc(O)cc2O)cc1)NC1CCCC1. The number of carbonyl (C=O) groups excluding carboxylic acids is 2. The molecule has 0 saturated heterocycles. The molecule has 3 aromatic rings. The molecule has 1 aliphatic rings. The summed E-state index contributed by atoms with van der Waals surface area (Å²) in [6.07, 6.45) is 4.29. The van der Waals surface area contributed by atoms with Gasteiger partial charge in [-0.1, -0.05) is 43.2 Å². The summed E-state index contributed by atoms with van der Waals surface area (Å²) in [6.45, 7) is 0.287. The van der Waals surface area contributed by atoms with Gasteiger partial charge in [-0.15, -0.1) is 0 Å². The van der Waals surface area contributed by atoms with Crippen LogP contribution in [0.3, 0.4) is 0 Å². The number of rotatable bonds is 6. The Hall–Kier alpha value is -4.00. The summed E-state index contributed by atoms with van der Waals surface area (Å²) in [4.78, 5) is 27.1. The molecular formula is C26H27N3O4. The highest BCUT2D eigenvalue weighted by Gasteiger charge is 2.22. The maximum absolute atomic E-state index is 13.3. The molecule has 0 unspecified atom stereocenters. The van der Waals surface area contributed by atoms with E-state index in [1.54, 1.807) is 29.2 Å². The van der Waals surface area contributed by atoms with Gasteiger partial charge >= 0.3 is 6.03 Å². The maximum atomic E-state index is 13.3. The molecule has 4 rings (SSSR count). The van der Waals surface area contributed by atoms with E-state index in [0.717, 1.165) is 37.3 Å². The van der Waals surface area contributed by atoms with Gasteiger partial charge in [-0.25, -0.2) is 4.79 Å². The summed E-state index contributed by atoms with van der Waals surface area (Å²) in [6, 6.07) is 20.4. The van der Waals surface area contributed by atoms with E-state index in [-0.39, 0.29) is 35.7 Å². The third-order valence-corrected chi connectivity index (χ3v) is 5.77. The largest absolute Gasteiger partial charge is 0.508 e. The van der Waals surface area contributed by atoms with Crippen LogP contribution in [0, 0.1) is 0 Å². The molecule has 7 nitrogen and oxygen atoms in total. The molecule has 33 heavy (non-hydrogen) atoms. The Morgan fingerprint density at radius 3 is 2.27 bits per heavy atom. The second kappa shape index (κ2) is 10.1. The minimum atomic E-state index is -0.406. The normalized spacial score (nSPS) is 13.5. The van der Waals surface area contributed by atoms with Gasteiger partial charge in [0.05, 0.1) is 12.1 Å². The molecule has 4 N–H and O–H groups in total. The van der Waals surface area contributed by atoms with Crippen molar-refractivity contribution in [1.29, 1.82) is 0 Å². The highest BCUT2D eigenvalue weighted by molar-refractivity contribution is 6.08. The van der Waals surface area contributed by atoms with E-state index in [1.165, 1.54) is 12.1 Å². The summed E-state index contributed by atoms with van der Waals surface area (Å²) < 4.78 is 0. The number of nitrogens with zero attached hydrogens (tertiary/aromatic N) is 1. The third kappa shape index (κ3) is 5.63. The molecule has 3 aromatic carbocycles. The van der Waals surface area contributed by atoms with Crippen LogP contribution >= 0.6 is 0 Å². The number of aromatic hydroxyl groups is 2. The van der Waals surface area contributed by atoms with Crippen molar-refractivity contribution in [2.24, 2.45) is 0 Å². The first-order valence-electron chi connectivity index (χ1n) is 11.0. The first-order valence-corrected chi connectivity index (χ1v) is 11.0. The molecule has 0 aliphatic heterocycles. The van der Waals surface area contributed by atoms with E-state index >= 15 is 0 Å². The molecule has 0 spiro atoms. The van der Waals surface area contributed by atoms with Crippen LogP contribution in [0.25, 0.3) is 0 Å². The van der Waals surface area contributed by atoms with Crippen LogP contribution in [-0.4, -0.2) is 28.2 Å². The second-order valence-electron chi connectivity index (χ2n) is 8.21. The fourth-order valence-electron chi connectivity index (χ4n) is 4.04. The quantitative estimate of drug-likeness (QED) is 0.428. The van der Waals surface area contributed by atoms with Crippen LogP contribution in [0.5, 0.6) is 11.5 Å². The molecule has 0 aromatic heterocycles. The summed E-state index contributed by atoms with van der Waals surface area (Å²) in [7, 11) is 0. The Kier molecular flexibility index (Phi) is 6.78. The van der Waals surface area contributed by atoms with Gasteiger partial charge in [0.2, 0.25) is 0 Å². The number of nitrogens with one attached hydrogen (secondary N) is 2. The molecule has 3 amide bonds. The number of benzene rings is 3. The standard InChI is InChI=1S/C26H27N3O4/c30-22-14-15-23(24(31)16-22)25(32)29(17-18-6-2-1-3-7-18)21-12-10-20(11-13-21)28-26(33)27-19-8-4-5-9-19/h1-3,6-7,10-16,19,30-31H,4-5,8-9,17H2,(H2,27,28,33). The minimum absolute atomic E-state index is 0.0851. The van der Waals surface area contributed by atoms with Gasteiger partial charge in [-0.05, 0) is 54.8 Å². The van der Waals surface area contributed by atoms with E-state index in [4.69, 9.17) is 0 Å². The third-order valence-electron chi connectivity index (χ3n) is 5.77. The van der Waals surface area contributed by atoms with Crippen molar-refractivity contribution >= 4 is 23.3 Å². The number of amides is 3. The molecule has 0 heterocycles. The zero-order valence-electron chi connectivity index (χ0n) is 18.2. The van der Waals surface area contributed by atoms with Crippen molar-refractivity contribution in [3.63, 3.8) is 0 Å². The first-order chi connectivity index (χ1) is 16.0. The number of carbonyl (C=O) groups is 2. The summed E-state index contributed by atoms with van der Waals surface area (Å²) in [5.74, 6) is -0.819. The Labute approximate surface area is 192 Å². The minimum Gasteiger partial charge on any atom is -0.508 e. The van der Waals surface area contributed by atoms with Crippen LogP contribution in [0.15, 0.2) is 72.8 Å². The summed E-state index contributed by atoms with van der Waals surface area (Å²) in [5.41, 5.74) is 2.23. The Morgan fingerprint density at radius 2 is 1.61 bits per heavy atom. The number of urea groups is 1. The monoisotopic (exact) mass is 445 g/mol. The van der Waals surface area contributed by atoms with Gasteiger partial charge in [0.25, 0.3) is 5.91 Å². The van der Waals surface area contributed by atoms with Gasteiger partial charge in [-0.2, -0.15) is 0 Å².